The van der Waals surface area contributed by atoms with Crippen LogP contribution in [0, 0.1) is 5.92 Å². The smallest absolute Gasteiger partial charge is 0.321 e. The molecule has 8 nitrogen and oxygen atoms in total. The number of pyridine rings is 1. The summed E-state index contributed by atoms with van der Waals surface area (Å²) in [6, 6.07) is 4.63. The Morgan fingerprint density at radius 2 is 1.81 bits per heavy atom. The van der Waals surface area contributed by atoms with Crippen LogP contribution >= 0.6 is 0 Å². The Bertz CT molecular complexity index is 642. The van der Waals surface area contributed by atoms with Crippen LogP contribution in [0.4, 0.5) is 4.79 Å². The molecule has 1 saturated heterocycles. The van der Waals surface area contributed by atoms with E-state index >= 15 is 0 Å². The number of urea groups is 1. The van der Waals surface area contributed by atoms with Crippen LogP contribution in [0.3, 0.4) is 0 Å². The first-order valence-electron chi connectivity index (χ1n) is 9.37. The van der Waals surface area contributed by atoms with Crippen molar-refractivity contribution in [1.29, 1.82) is 0 Å². The number of hydrogen-bond acceptors (Lipinski definition) is 5. The lowest BCUT2D eigenvalue weighted by atomic mass is 10.2. The zero-order chi connectivity index (χ0) is 19.8. The summed E-state index contributed by atoms with van der Waals surface area (Å²) in [6.45, 7) is 8.57. The molecule has 1 atom stereocenters. The largest absolute Gasteiger partial charge is 0.340 e. The van der Waals surface area contributed by atoms with Crippen molar-refractivity contribution in [2.24, 2.45) is 5.92 Å². The van der Waals surface area contributed by atoms with Gasteiger partial charge in [0.2, 0.25) is 11.8 Å². The van der Waals surface area contributed by atoms with Gasteiger partial charge in [0.05, 0.1) is 12.5 Å². The zero-order valence-corrected chi connectivity index (χ0v) is 16.3. The lowest BCUT2D eigenvalue weighted by Gasteiger charge is -2.37. The Balaban J connectivity index is 1.76. The summed E-state index contributed by atoms with van der Waals surface area (Å²) in [5.74, 6) is 0.0306. The lowest BCUT2D eigenvalue weighted by molar-refractivity contribution is -0.133. The summed E-state index contributed by atoms with van der Waals surface area (Å²) in [4.78, 5) is 44.3. The molecule has 27 heavy (non-hydrogen) atoms. The highest BCUT2D eigenvalue weighted by Crippen LogP contribution is 2.09. The van der Waals surface area contributed by atoms with Gasteiger partial charge in [-0.2, -0.15) is 0 Å². The highest BCUT2D eigenvalue weighted by Gasteiger charge is 2.28. The first-order valence-corrected chi connectivity index (χ1v) is 9.37. The molecular weight excluding hydrogens is 346 g/mol. The number of imide groups is 1. The predicted octanol–water partition coefficient (Wildman–Crippen LogP) is 0.639. The third kappa shape index (κ3) is 6.63. The number of aromatic nitrogens is 1. The van der Waals surface area contributed by atoms with Crippen molar-refractivity contribution >= 4 is 17.8 Å². The van der Waals surface area contributed by atoms with Crippen LogP contribution in [0.5, 0.6) is 0 Å². The van der Waals surface area contributed by atoms with Gasteiger partial charge in [-0.05, 0) is 25.0 Å². The van der Waals surface area contributed by atoms with Crippen LogP contribution in [-0.4, -0.2) is 71.4 Å². The minimum absolute atomic E-state index is 0.0403. The number of nitrogens with one attached hydrogen (secondary N) is 2. The van der Waals surface area contributed by atoms with Crippen molar-refractivity contribution in [3.8, 4) is 0 Å². The Morgan fingerprint density at radius 1 is 1.11 bits per heavy atom. The summed E-state index contributed by atoms with van der Waals surface area (Å²) >= 11 is 0. The van der Waals surface area contributed by atoms with Gasteiger partial charge in [0, 0.05) is 44.6 Å². The fourth-order valence-corrected chi connectivity index (χ4v) is 2.85. The Hall–Kier alpha value is -2.48. The second-order valence-corrected chi connectivity index (χ2v) is 7.18. The third-order valence-corrected chi connectivity index (χ3v) is 4.56. The summed E-state index contributed by atoms with van der Waals surface area (Å²) in [5.41, 5.74) is 0.755. The summed E-state index contributed by atoms with van der Waals surface area (Å²) in [6.07, 6.45) is 1.96. The monoisotopic (exact) mass is 375 g/mol. The molecule has 1 aromatic rings. The average Bonchev–Trinajstić information content (AvgIpc) is 2.66. The second kappa shape index (κ2) is 10.0. The Morgan fingerprint density at radius 3 is 2.41 bits per heavy atom. The number of nitrogens with zero attached hydrogens (tertiary/aromatic N) is 3. The molecule has 1 aromatic heterocycles. The van der Waals surface area contributed by atoms with Gasteiger partial charge in [-0.15, -0.1) is 0 Å². The van der Waals surface area contributed by atoms with E-state index in [9.17, 15) is 14.4 Å². The zero-order valence-electron chi connectivity index (χ0n) is 16.3. The van der Waals surface area contributed by atoms with E-state index in [1.165, 1.54) is 0 Å². The molecule has 4 amide bonds. The van der Waals surface area contributed by atoms with Crippen molar-refractivity contribution in [3.05, 3.63) is 30.1 Å². The van der Waals surface area contributed by atoms with Gasteiger partial charge in [0.25, 0.3) is 0 Å². The molecule has 0 saturated carbocycles. The molecule has 1 aliphatic heterocycles. The second-order valence-electron chi connectivity index (χ2n) is 7.18. The number of amides is 4. The van der Waals surface area contributed by atoms with Crippen molar-refractivity contribution in [2.75, 3.05) is 32.7 Å². The number of rotatable bonds is 6. The molecule has 0 aliphatic carbocycles. The van der Waals surface area contributed by atoms with Crippen LogP contribution in [0.25, 0.3) is 0 Å². The van der Waals surface area contributed by atoms with Gasteiger partial charge in [-0.25, -0.2) is 4.79 Å². The van der Waals surface area contributed by atoms with Crippen molar-refractivity contribution in [2.45, 2.75) is 33.2 Å². The van der Waals surface area contributed by atoms with Crippen molar-refractivity contribution in [3.63, 3.8) is 0 Å². The van der Waals surface area contributed by atoms with E-state index in [0.717, 1.165) is 5.69 Å². The van der Waals surface area contributed by atoms with E-state index in [4.69, 9.17) is 0 Å². The molecule has 2 rings (SSSR count). The molecule has 0 aromatic carbocycles. The van der Waals surface area contributed by atoms with E-state index < -0.39 is 12.1 Å². The molecule has 2 N–H and O–H groups in total. The molecular formula is C19H29N5O3. The Kier molecular flexibility index (Phi) is 7.72. The highest BCUT2D eigenvalue weighted by molar-refractivity contribution is 5.96. The van der Waals surface area contributed by atoms with Crippen LogP contribution in [0.15, 0.2) is 24.4 Å². The topological polar surface area (TPSA) is 94.6 Å². The normalized spacial score (nSPS) is 16.1. The molecule has 0 unspecified atom stereocenters. The number of piperazine rings is 1. The van der Waals surface area contributed by atoms with Gasteiger partial charge >= 0.3 is 6.03 Å². The number of carbonyl (C=O) groups is 3. The molecule has 148 valence electrons. The molecule has 1 aliphatic rings. The first-order chi connectivity index (χ1) is 12.9. The van der Waals surface area contributed by atoms with Gasteiger partial charge in [-0.1, -0.05) is 19.9 Å². The van der Waals surface area contributed by atoms with E-state index in [0.29, 0.717) is 38.6 Å². The van der Waals surface area contributed by atoms with E-state index in [1.54, 1.807) is 18.0 Å². The molecule has 0 bridgehead atoms. The fourth-order valence-electron chi connectivity index (χ4n) is 2.85. The SMILES string of the molecule is CC(C)CNC(=O)NC(=O)[C@H](C)N1CCN(C(=O)Cc2ccccn2)CC1. The maximum absolute atomic E-state index is 12.4. The Labute approximate surface area is 160 Å². The molecule has 8 heteroatoms. The standard InChI is InChI=1S/C19H29N5O3/c1-14(2)13-21-19(27)22-18(26)15(3)23-8-10-24(11-9-23)17(25)12-16-6-4-5-7-20-16/h4-7,14-15H,8-13H2,1-3H3,(H2,21,22,26,27)/t15-/m0/s1. The highest BCUT2D eigenvalue weighted by atomic mass is 16.2. The summed E-state index contributed by atoms with van der Waals surface area (Å²) < 4.78 is 0. The van der Waals surface area contributed by atoms with Gasteiger partial charge in [0.1, 0.15) is 0 Å². The minimum Gasteiger partial charge on any atom is -0.340 e. The quantitative estimate of drug-likeness (QED) is 0.761. The third-order valence-electron chi connectivity index (χ3n) is 4.56. The van der Waals surface area contributed by atoms with Crippen molar-refractivity contribution in [1.82, 2.24) is 25.4 Å². The van der Waals surface area contributed by atoms with Crippen LogP contribution in [0.1, 0.15) is 26.5 Å². The maximum atomic E-state index is 12.4. The van der Waals surface area contributed by atoms with E-state index in [1.807, 2.05) is 36.9 Å². The summed E-state index contributed by atoms with van der Waals surface area (Å²) in [7, 11) is 0. The minimum atomic E-state index is -0.468. The average molecular weight is 375 g/mol. The molecule has 1 fully saturated rings. The number of hydrogen-bond donors (Lipinski definition) is 2. The number of carbonyl (C=O) groups excluding carboxylic acids is 3. The van der Waals surface area contributed by atoms with Crippen LogP contribution in [-0.2, 0) is 16.0 Å². The first kappa shape index (κ1) is 20.8. The fraction of sp³-hybridized carbons (Fsp3) is 0.579. The van der Waals surface area contributed by atoms with Crippen LogP contribution in [0.2, 0.25) is 0 Å². The van der Waals surface area contributed by atoms with Gasteiger partial charge < -0.3 is 10.2 Å². The summed E-state index contributed by atoms with van der Waals surface area (Å²) in [5, 5.41) is 5.05. The van der Waals surface area contributed by atoms with Gasteiger partial charge in [0.15, 0.2) is 0 Å². The maximum Gasteiger partial charge on any atom is 0.321 e. The lowest BCUT2D eigenvalue weighted by Crippen LogP contribution is -2.56. The molecule has 2 heterocycles. The van der Waals surface area contributed by atoms with Crippen LogP contribution < -0.4 is 10.6 Å². The molecule has 0 radical (unpaired) electrons. The predicted molar refractivity (Wildman–Crippen MR) is 102 cm³/mol. The van der Waals surface area contributed by atoms with Crippen molar-refractivity contribution < 1.29 is 14.4 Å². The van der Waals surface area contributed by atoms with E-state index in [-0.39, 0.29) is 18.2 Å². The van der Waals surface area contributed by atoms with Gasteiger partial charge in [-0.3, -0.25) is 24.8 Å². The van der Waals surface area contributed by atoms with E-state index in [2.05, 4.69) is 15.6 Å². The molecule has 0 spiro atoms.